The Kier molecular flexibility index (Phi) is 5.15. The van der Waals surface area contributed by atoms with E-state index in [4.69, 9.17) is 4.74 Å². The summed E-state index contributed by atoms with van der Waals surface area (Å²) in [6, 6.07) is -0.0291. The molecule has 0 radical (unpaired) electrons. The van der Waals surface area contributed by atoms with Crippen molar-refractivity contribution in [1.82, 2.24) is 9.97 Å². The Hall–Kier alpha value is -1.36. The Labute approximate surface area is 102 Å². The number of ether oxygens (including phenoxy) is 1. The summed E-state index contributed by atoms with van der Waals surface area (Å²) < 4.78 is 5.45. The van der Waals surface area contributed by atoms with Crippen molar-refractivity contribution in [3.63, 3.8) is 0 Å². The van der Waals surface area contributed by atoms with E-state index in [1.54, 1.807) is 12.4 Å². The molecule has 0 aliphatic rings. The van der Waals surface area contributed by atoms with E-state index in [1.807, 2.05) is 27.7 Å². The van der Waals surface area contributed by atoms with Crippen LogP contribution in [-0.2, 0) is 0 Å². The fraction of sp³-hybridized carbons (Fsp3) is 0.667. The Morgan fingerprint density at radius 1 is 1.29 bits per heavy atom. The Morgan fingerprint density at radius 3 is 2.53 bits per heavy atom. The smallest absolute Gasteiger partial charge is 0.234 e. The van der Waals surface area contributed by atoms with E-state index >= 15 is 0 Å². The number of anilines is 1. The summed E-state index contributed by atoms with van der Waals surface area (Å²) in [5.74, 6) is 1.43. The standard InChI is InChI=1S/C12H21N3O2/c1-8(2)10(7-16)14-11-5-13-6-12(15-11)17-9(3)4/h5-6,8-10,16H,7H2,1-4H3,(H,14,15)/t10-/m1/s1. The predicted octanol–water partition coefficient (Wildman–Crippen LogP) is 1.69. The average molecular weight is 239 g/mol. The van der Waals surface area contributed by atoms with Gasteiger partial charge in [0, 0.05) is 0 Å². The molecular weight excluding hydrogens is 218 g/mol. The number of nitrogens with one attached hydrogen (secondary N) is 1. The zero-order chi connectivity index (χ0) is 12.8. The second-order valence-electron chi connectivity index (χ2n) is 4.59. The highest BCUT2D eigenvalue weighted by atomic mass is 16.5. The van der Waals surface area contributed by atoms with E-state index < -0.39 is 0 Å². The van der Waals surface area contributed by atoms with Crippen molar-refractivity contribution in [1.29, 1.82) is 0 Å². The van der Waals surface area contributed by atoms with Crippen LogP contribution >= 0.6 is 0 Å². The van der Waals surface area contributed by atoms with Crippen LogP contribution in [-0.4, -0.2) is 33.8 Å². The van der Waals surface area contributed by atoms with Crippen molar-refractivity contribution in [2.45, 2.75) is 39.8 Å². The van der Waals surface area contributed by atoms with Crippen LogP contribution in [0.3, 0.4) is 0 Å². The lowest BCUT2D eigenvalue weighted by atomic mass is 10.1. The van der Waals surface area contributed by atoms with Crippen LogP contribution in [0.15, 0.2) is 12.4 Å². The van der Waals surface area contributed by atoms with Crippen LogP contribution in [0, 0.1) is 5.92 Å². The molecule has 5 heteroatoms. The SMILES string of the molecule is CC(C)Oc1cncc(N[C@H](CO)C(C)C)n1. The summed E-state index contributed by atoms with van der Waals surface area (Å²) in [6.07, 6.45) is 3.27. The molecule has 0 fully saturated rings. The lowest BCUT2D eigenvalue weighted by Crippen LogP contribution is -2.29. The molecule has 1 aromatic heterocycles. The van der Waals surface area contributed by atoms with Gasteiger partial charge in [0.15, 0.2) is 0 Å². The van der Waals surface area contributed by atoms with E-state index in [-0.39, 0.29) is 18.8 Å². The minimum Gasteiger partial charge on any atom is -0.474 e. The molecule has 96 valence electrons. The van der Waals surface area contributed by atoms with Crippen LogP contribution in [0.4, 0.5) is 5.82 Å². The first-order valence-corrected chi connectivity index (χ1v) is 5.89. The van der Waals surface area contributed by atoms with Gasteiger partial charge in [-0.1, -0.05) is 13.8 Å². The summed E-state index contributed by atoms with van der Waals surface area (Å²) in [5.41, 5.74) is 0. The van der Waals surface area contributed by atoms with Crippen molar-refractivity contribution in [3.8, 4) is 5.88 Å². The van der Waals surface area contributed by atoms with Crippen LogP contribution in [0.1, 0.15) is 27.7 Å². The highest BCUT2D eigenvalue weighted by Crippen LogP contribution is 2.13. The summed E-state index contributed by atoms with van der Waals surface area (Å²) in [5, 5.41) is 12.4. The van der Waals surface area contributed by atoms with Crippen molar-refractivity contribution in [2.75, 3.05) is 11.9 Å². The highest BCUT2D eigenvalue weighted by Gasteiger charge is 2.13. The lowest BCUT2D eigenvalue weighted by Gasteiger charge is -2.20. The quantitative estimate of drug-likeness (QED) is 0.790. The number of aliphatic hydroxyl groups excluding tert-OH is 1. The number of aromatic nitrogens is 2. The number of rotatable bonds is 6. The average Bonchev–Trinajstić information content (AvgIpc) is 2.25. The molecule has 2 N–H and O–H groups in total. The molecule has 0 spiro atoms. The maximum atomic E-state index is 9.23. The lowest BCUT2D eigenvalue weighted by molar-refractivity contribution is 0.231. The molecular formula is C12H21N3O2. The summed E-state index contributed by atoms with van der Waals surface area (Å²) in [6.45, 7) is 8.01. The third kappa shape index (κ3) is 4.56. The molecule has 1 atom stereocenters. The van der Waals surface area contributed by atoms with E-state index in [1.165, 1.54) is 0 Å². The van der Waals surface area contributed by atoms with Gasteiger partial charge in [0.05, 0.1) is 31.1 Å². The zero-order valence-corrected chi connectivity index (χ0v) is 10.8. The number of hydrogen-bond acceptors (Lipinski definition) is 5. The van der Waals surface area contributed by atoms with E-state index in [0.717, 1.165) is 0 Å². The molecule has 5 nitrogen and oxygen atoms in total. The van der Waals surface area contributed by atoms with Gasteiger partial charge in [-0.25, -0.2) is 0 Å². The van der Waals surface area contributed by atoms with Crippen molar-refractivity contribution in [3.05, 3.63) is 12.4 Å². The topological polar surface area (TPSA) is 67.3 Å². The Balaban J connectivity index is 2.70. The largest absolute Gasteiger partial charge is 0.474 e. The Morgan fingerprint density at radius 2 is 2.00 bits per heavy atom. The third-order valence-electron chi connectivity index (χ3n) is 2.30. The maximum Gasteiger partial charge on any atom is 0.234 e. The van der Waals surface area contributed by atoms with Gasteiger partial charge in [-0.3, -0.25) is 4.98 Å². The minimum atomic E-state index is -0.0291. The second kappa shape index (κ2) is 6.39. The van der Waals surface area contributed by atoms with E-state index in [2.05, 4.69) is 15.3 Å². The normalized spacial score (nSPS) is 12.9. The molecule has 1 rings (SSSR count). The third-order valence-corrected chi connectivity index (χ3v) is 2.30. The molecule has 17 heavy (non-hydrogen) atoms. The van der Waals surface area contributed by atoms with Crippen LogP contribution < -0.4 is 10.1 Å². The summed E-state index contributed by atoms with van der Waals surface area (Å²) in [4.78, 5) is 8.33. The molecule has 0 saturated carbocycles. The van der Waals surface area contributed by atoms with Crippen LogP contribution in [0.5, 0.6) is 5.88 Å². The van der Waals surface area contributed by atoms with Gasteiger partial charge in [0.1, 0.15) is 5.82 Å². The first kappa shape index (κ1) is 13.7. The highest BCUT2D eigenvalue weighted by molar-refractivity contribution is 5.34. The zero-order valence-electron chi connectivity index (χ0n) is 10.8. The molecule has 0 aliphatic carbocycles. The minimum absolute atomic E-state index is 0.0291. The molecule has 0 aliphatic heterocycles. The van der Waals surface area contributed by atoms with Gasteiger partial charge < -0.3 is 15.2 Å². The molecule has 1 aromatic rings. The fourth-order valence-corrected chi connectivity index (χ4v) is 1.33. The molecule has 0 bridgehead atoms. The van der Waals surface area contributed by atoms with Gasteiger partial charge in [0.2, 0.25) is 5.88 Å². The molecule has 0 unspecified atom stereocenters. The monoisotopic (exact) mass is 239 g/mol. The first-order valence-electron chi connectivity index (χ1n) is 5.89. The van der Waals surface area contributed by atoms with E-state index in [9.17, 15) is 5.11 Å². The molecule has 0 aromatic carbocycles. The Bertz CT molecular complexity index is 342. The molecule has 0 amide bonds. The number of nitrogens with zero attached hydrogens (tertiary/aromatic N) is 2. The van der Waals surface area contributed by atoms with Gasteiger partial charge in [0.25, 0.3) is 0 Å². The van der Waals surface area contributed by atoms with Gasteiger partial charge in [-0.2, -0.15) is 4.98 Å². The van der Waals surface area contributed by atoms with Crippen molar-refractivity contribution < 1.29 is 9.84 Å². The van der Waals surface area contributed by atoms with Gasteiger partial charge in [-0.15, -0.1) is 0 Å². The van der Waals surface area contributed by atoms with Crippen molar-refractivity contribution >= 4 is 5.82 Å². The summed E-state index contributed by atoms with van der Waals surface area (Å²) >= 11 is 0. The first-order chi connectivity index (χ1) is 8.02. The molecule has 1 heterocycles. The van der Waals surface area contributed by atoms with Crippen LogP contribution in [0.25, 0.3) is 0 Å². The van der Waals surface area contributed by atoms with Crippen LogP contribution in [0.2, 0.25) is 0 Å². The van der Waals surface area contributed by atoms with Gasteiger partial charge in [-0.05, 0) is 19.8 Å². The number of hydrogen-bond donors (Lipinski definition) is 2. The van der Waals surface area contributed by atoms with E-state index in [0.29, 0.717) is 17.6 Å². The molecule has 0 saturated heterocycles. The number of aliphatic hydroxyl groups is 1. The predicted molar refractivity (Wildman–Crippen MR) is 67.1 cm³/mol. The maximum absolute atomic E-state index is 9.23. The van der Waals surface area contributed by atoms with Gasteiger partial charge >= 0.3 is 0 Å². The van der Waals surface area contributed by atoms with Crippen molar-refractivity contribution in [2.24, 2.45) is 5.92 Å². The summed E-state index contributed by atoms with van der Waals surface area (Å²) in [7, 11) is 0. The second-order valence-corrected chi connectivity index (χ2v) is 4.59. The fourth-order valence-electron chi connectivity index (χ4n) is 1.33.